The van der Waals surface area contributed by atoms with Crippen LogP contribution in [0, 0.1) is 0 Å². The molecule has 0 fully saturated rings. The minimum Gasteiger partial charge on any atom is -0.381 e. The van der Waals surface area contributed by atoms with Crippen molar-refractivity contribution >= 4 is 55.4 Å². The highest BCUT2D eigenvalue weighted by Crippen LogP contribution is 2.35. The van der Waals surface area contributed by atoms with Crippen LogP contribution in [0.1, 0.15) is 21.6 Å². The van der Waals surface area contributed by atoms with Crippen LogP contribution in [0.2, 0.25) is 5.02 Å². The number of amides is 1. The molecule has 3 rings (SSSR count). The molecule has 8 heteroatoms. The number of halogens is 1. The Balaban J connectivity index is 1.72. The molecule has 1 N–H and O–H groups in total. The van der Waals surface area contributed by atoms with Gasteiger partial charge in [0, 0.05) is 23.1 Å². The molecule has 0 spiro atoms. The molecule has 0 aliphatic heterocycles. The van der Waals surface area contributed by atoms with Gasteiger partial charge in [-0.05, 0) is 13.0 Å². The Kier molecular flexibility index (Phi) is 5.22. The lowest BCUT2D eigenvalue weighted by Crippen LogP contribution is -2.10. The molecule has 23 heavy (non-hydrogen) atoms. The van der Waals surface area contributed by atoms with Crippen molar-refractivity contribution in [2.45, 2.75) is 13.3 Å². The Morgan fingerprint density at radius 1 is 1.30 bits per heavy atom. The maximum atomic E-state index is 12.4. The molecule has 0 saturated carbocycles. The lowest BCUT2D eigenvalue weighted by atomic mass is 10.2. The Morgan fingerprint density at radius 2 is 2.13 bits per heavy atom. The lowest BCUT2D eigenvalue weighted by Gasteiger charge is -1.98. The first kappa shape index (κ1) is 16.3. The van der Waals surface area contributed by atoms with Crippen molar-refractivity contribution in [3.05, 3.63) is 39.2 Å². The number of carbonyl (C=O) groups excluding carboxylic acids is 1. The van der Waals surface area contributed by atoms with Gasteiger partial charge in [0.2, 0.25) is 5.13 Å². The number of benzene rings is 1. The first-order chi connectivity index (χ1) is 11.2. The standard InChI is InChI=1S/C15H14ClN3O2S2/c1-2-21-8-7-11-18-19-15(23-11)17-14(20)13-12(16)9-5-3-4-6-10(9)22-13/h3-6H,2,7-8H2,1H3,(H,17,19,20). The van der Waals surface area contributed by atoms with Gasteiger partial charge in [-0.25, -0.2) is 0 Å². The highest BCUT2D eigenvalue weighted by atomic mass is 35.5. The summed E-state index contributed by atoms with van der Waals surface area (Å²) in [5, 5.41) is 13.5. The van der Waals surface area contributed by atoms with E-state index in [2.05, 4.69) is 15.5 Å². The van der Waals surface area contributed by atoms with Gasteiger partial charge < -0.3 is 4.74 Å². The molecule has 0 aliphatic carbocycles. The molecular formula is C15H14ClN3O2S2. The summed E-state index contributed by atoms with van der Waals surface area (Å²) < 4.78 is 6.27. The van der Waals surface area contributed by atoms with E-state index in [4.69, 9.17) is 16.3 Å². The first-order valence-electron chi connectivity index (χ1n) is 7.07. The van der Waals surface area contributed by atoms with Crippen molar-refractivity contribution in [1.82, 2.24) is 10.2 Å². The van der Waals surface area contributed by atoms with Gasteiger partial charge in [-0.15, -0.1) is 21.5 Å². The number of nitrogens with zero attached hydrogens (tertiary/aromatic N) is 2. The fraction of sp³-hybridized carbons (Fsp3) is 0.267. The topological polar surface area (TPSA) is 64.1 Å². The number of fused-ring (bicyclic) bond motifs is 1. The van der Waals surface area contributed by atoms with Gasteiger partial charge in [0.25, 0.3) is 5.91 Å². The molecule has 120 valence electrons. The Labute approximate surface area is 146 Å². The lowest BCUT2D eigenvalue weighted by molar-refractivity contribution is 0.103. The van der Waals surface area contributed by atoms with Gasteiger partial charge in [-0.3, -0.25) is 10.1 Å². The summed E-state index contributed by atoms with van der Waals surface area (Å²) in [5.74, 6) is -0.260. The molecule has 5 nitrogen and oxygen atoms in total. The molecule has 3 aromatic rings. The maximum absolute atomic E-state index is 12.4. The number of nitrogens with one attached hydrogen (secondary N) is 1. The summed E-state index contributed by atoms with van der Waals surface area (Å²) in [6.45, 7) is 3.22. The number of carbonyl (C=O) groups is 1. The van der Waals surface area contributed by atoms with Crippen LogP contribution in [-0.2, 0) is 11.2 Å². The van der Waals surface area contributed by atoms with E-state index < -0.39 is 0 Å². The number of hydrogen-bond acceptors (Lipinski definition) is 6. The minimum absolute atomic E-state index is 0.260. The van der Waals surface area contributed by atoms with Gasteiger partial charge in [0.05, 0.1) is 11.6 Å². The molecule has 0 atom stereocenters. The summed E-state index contributed by atoms with van der Waals surface area (Å²) in [5.41, 5.74) is 0. The van der Waals surface area contributed by atoms with Crippen LogP contribution in [0.3, 0.4) is 0 Å². The van der Waals surface area contributed by atoms with Gasteiger partial charge >= 0.3 is 0 Å². The quantitative estimate of drug-likeness (QED) is 0.662. The van der Waals surface area contributed by atoms with Crippen LogP contribution in [0.25, 0.3) is 10.1 Å². The van der Waals surface area contributed by atoms with E-state index in [0.717, 1.165) is 15.1 Å². The van der Waals surface area contributed by atoms with Crippen LogP contribution < -0.4 is 5.32 Å². The maximum Gasteiger partial charge on any atom is 0.269 e. The normalized spacial score (nSPS) is 11.0. The van der Waals surface area contributed by atoms with E-state index in [9.17, 15) is 4.79 Å². The molecule has 2 heterocycles. The van der Waals surface area contributed by atoms with Gasteiger partial charge in [-0.2, -0.15) is 0 Å². The predicted octanol–water partition coefficient (Wildman–Crippen LogP) is 4.24. The average Bonchev–Trinajstić information content (AvgIpc) is 3.13. The second kappa shape index (κ2) is 7.35. The average molecular weight is 368 g/mol. The van der Waals surface area contributed by atoms with Crippen LogP contribution >= 0.6 is 34.3 Å². The van der Waals surface area contributed by atoms with E-state index in [-0.39, 0.29) is 5.91 Å². The number of aromatic nitrogens is 2. The smallest absolute Gasteiger partial charge is 0.269 e. The Bertz CT molecular complexity index is 831. The highest BCUT2D eigenvalue weighted by molar-refractivity contribution is 7.22. The first-order valence-corrected chi connectivity index (χ1v) is 9.08. The van der Waals surface area contributed by atoms with Crippen molar-refractivity contribution in [2.75, 3.05) is 18.5 Å². The molecule has 0 saturated heterocycles. The summed E-state index contributed by atoms with van der Waals surface area (Å²) in [6, 6.07) is 7.67. The zero-order chi connectivity index (χ0) is 16.2. The van der Waals surface area contributed by atoms with Crippen molar-refractivity contribution in [3.8, 4) is 0 Å². The second-order valence-corrected chi connectivity index (χ2v) is 7.14. The fourth-order valence-corrected chi connectivity index (χ4v) is 4.15. The minimum atomic E-state index is -0.260. The molecule has 0 bridgehead atoms. The summed E-state index contributed by atoms with van der Waals surface area (Å²) in [7, 11) is 0. The third kappa shape index (κ3) is 3.69. The molecule has 1 amide bonds. The monoisotopic (exact) mass is 367 g/mol. The van der Waals surface area contributed by atoms with E-state index in [0.29, 0.717) is 34.7 Å². The fourth-order valence-electron chi connectivity index (χ4n) is 2.02. The predicted molar refractivity (Wildman–Crippen MR) is 94.9 cm³/mol. The molecule has 0 radical (unpaired) electrons. The number of rotatable bonds is 6. The number of anilines is 1. The summed E-state index contributed by atoms with van der Waals surface area (Å²) in [4.78, 5) is 12.9. The van der Waals surface area contributed by atoms with E-state index >= 15 is 0 Å². The SMILES string of the molecule is CCOCCc1nnc(NC(=O)c2sc3ccccc3c2Cl)s1. The second-order valence-electron chi connectivity index (χ2n) is 4.64. The van der Waals surface area contributed by atoms with Crippen molar-refractivity contribution < 1.29 is 9.53 Å². The molecule has 0 unspecified atom stereocenters. The van der Waals surface area contributed by atoms with Crippen LogP contribution in [-0.4, -0.2) is 29.3 Å². The Hall–Kier alpha value is -1.54. The van der Waals surface area contributed by atoms with Crippen molar-refractivity contribution in [3.63, 3.8) is 0 Å². The van der Waals surface area contributed by atoms with E-state index in [1.807, 2.05) is 31.2 Å². The molecule has 2 aromatic heterocycles. The van der Waals surface area contributed by atoms with Gasteiger partial charge in [-0.1, -0.05) is 41.1 Å². The summed E-state index contributed by atoms with van der Waals surface area (Å²) in [6.07, 6.45) is 0.686. The van der Waals surface area contributed by atoms with Gasteiger partial charge in [0.15, 0.2) is 0 Å². The number of hydrogen-bond donors (Lipinski definition) is 1. The molecule has 0 aliphatic rings. The van der Waals surface area contributed by atoms with Gasteiger partial charge in [0.1, 0.15) is 9.88 Å². The van der Waals surface area contributed by atoms with E-state index in [1.54, 1.807) is 0 Å². The zero-order valence-corrected chi connectivity index (χ0v) is 14.7. The molecule has 1 aromatic carbocycles. The highest BCUT2D eigenvalue weighted by Gasteiger charge is 2.18. The zero-order valence-electron chi connectivity index (χ0n) is 12.3. The third-order valence-corrected chi connectivity index (χ3v) is 5.67. The van der Waals surface area contributed by atoms with E-state index in [1.165, 1.54) is 22.7 Å². The molecular weight excluding hydrogens is 354 g/mol. The summed E-state index contributed by atoms with van der Waals surface area (Å²) >= 11 is 9.02. The third-order valence-electron chi connectivity index (χ3n) is 3.09. The van der Waals surface area contributed by atoms with Crippen molar-refractivity contribution in [1.29, 1.82) is 0 Å². The van der Waals surface area contributed by atoms with Crippen molar-refractivity contribution in [2.24, 2.45) is 0 Å². The number of ether oxygens (including phenoxy) is 1. The number of thiophene rings is 1. The van der Waals surface area contributed by atoms with Crippen LogP contribution in [0.5, 0.6) is 0 Å². The largest absolute Gasteiger partial charge is 0.381 e. The van der Waals surface area contributed by atoms with Crippen LogP contribution in [0.15, 0.2) is 24.3 Å². The Morgan fingerprint density at radius 3 is 2.91 bits per heavy atom. The van der Waals surface area contributed by atoms with Crippen LogP contribution in [0.4, 0.5) is 5.13 Å².